The monoisotopic (exact) mass is 350 g/mol. The first-order valence-electron chi connectivity index (χ1n) is 8.53. The highest BCUT2D eigenvalue weighted by molar-refractivity contribution is 5.95. The molecule has 0 radical (unpaired) electrons. The number of amides is 1. The van der Waals surface area contributed by atoms with E-state index >= 15 is 0 Å². The van der Waals surface area contributed by atoms with Gasteiger partial charge in [-0.3, -0.25) is 9.78 Å². The van der Waals surface area contributed by atoms with Gasteiger partial charge in [0.1, 0.15) is 11.6 Å². The van der Waals surface area contributed by atoms with Crippen molar-refractivity contribution in [3.63, 3.8) is 0 Å². The van der Waals surface area contributed by atoms with Gasteiger partial charge in [0.25, 0.3) is 0 Å². The molecule has 0 bridgehead atoms. The molecular weight excluding hydrogens is 328 g/mol. The Bertz CT molecular complexity index is 936. The van der Waals surface area contributed by atoms with Gasteiger partial charge in [0.15, 0.2) is 0 Å². The molecule has 1 aliphatic carbocycles. The molecule has 1 saturated carbocycles. The highest BCUT2D eigenvalue weighted by Crippen LogP contribution is 2.30. The lowest BCUT2D eigenvalue weighted by atomic mass is 10.0. The van der Waals surface area contributed by atoms with Crippen LogP contribution in [-0.4, -0.2) is 28.4 Å². The van der Waals surface area contributed by atoms with Gasteiger partial charge in [-0.2, -0.15) is 0 Å². The molecule has 134 valence electrons. The van der Waals surface area contributed by atoms with Gasteiger partial charge in [-0.05, 0) is 30.0 Å². The number of nitrogens with zero attached hydrogens (tertiary/aromatic N) is 3. The third kappa shape index (κ3) is 3.88. The molecule has 3 aromatic rings. The minimum absolute atomic E-state index is 0.386. The van der Waals surface area contributed by atoms with Crippen molar-refractivity contribution in [1.29, 1.82) is 0 Å². The Hall–Kier alpha value is -3.22. The highest BCUT2D eigenvalue weighted by Gasteiger charge is 2.11. The molecule has 0 spiro atoms. The number of nitrogens with one attached hydrogen (secondary N) is 2. The van der Waals surface area contributed by atoms with Crippen molar-refractivity contribution in [3.8, 4) is 11.3 Å². The second-order valence-corrected chi connectivity index (χ2v) is 6.12. The molecule has 0 aliphatic heterocycles. The zero-order valence-electron chi connectivity index (χ0n) is 14.9. The number of nitrogen functional groups attached to an aromatic ring is 1. The normalized spacial score (nSPS) is 12.1. The summed E-state index contributed by atoms with van der Waals surface area (Å²) in [5, 5.41) is 7.22. The lowest BCUT2D eigenvalue weighted by Gasteiger charge is -2.12. The van der Waals surface area contributed by atoms with Gasteiger partial charge < -0.3 is 16.4 Å². The molecule has 1 aliphatic rings. The van der Waals surface area contributed by atoms with Gasteiger partial charge in [0.2, 0.25) is 6.41 Å². The van der Waals surface area contributed by atoms with Crippen molar-refractivity contribution >= 4 is 34.5 Å². The molecule has 0 saturated heterocycles. The van der Waals surface area contributed by atoms with Crippen LogP contribution in [0.25, 0.3) is 22.0 Å². The zero-order chi connectivity index (χ0) is 18.5. The van der Waals surface area contributed by atoms with Crippen LogP contribution in [0.1, 0.15) is 24.8 Å². The largest absolute Gasteiger partial charge is 0.387 e. The van der Waals surface area contributed by atoms with Gasteiger partial charge in [-0.25, -0.2) is 9.97 Å². The van der Waals surface area contributed by atoms with E-state index in [4.69, 9.17) is 5.73 Å². The maximum absolute atomic E-state index is 10.6. The molecule has 0 aromatic carbocycles. The van der Waals surface area contributed by atoms with Gasteiger partial charge in [0, 0.05) is 30.4 Å². The molecule has 1 fully saturated rings. The van der Waals surface area contributed by atoms with Crippen molar-refractivity contribution in [2.75, 3.05) is 23.4 Å². The van der Waals surface area contributed by atoms with Crippen LogP contribution in [0.2, 0.25) is 0 Å². The lowest BCUT2D eigenvalue weighted by molar-refractivity contribution is -0.105. The van der Waals surface area contributed by atoms with Crippen LogP contribution in [-0.2, 0) is 4.79 Å². The van der Waals surface area contributed by atoms with E-state index in [1.54, 1.807) is 24.7 Å². The van der Waals surface area contributed by atoms with E-state index < -0.39 is 0 Å². The van der Waals surface area contributed by atoms with Crippen LogP contribution in [0.15, 0.2) is 30.7 Å². The number of carbonyl (C=O) groups is 1. The second kappa shape index (κ2) is 7.77. The summed E-state index contributed by atoms with van der Waals surface area (Å²) < 4.78 is 0. The van der Waals surface area contributed by atoms with Crippen LogP contribution in [0.5, 0.6) is 0 Å². The highest BCUT2D eigenvalue weighted by atomic mass is 16.1. The van der Waals surface area contributed by atoms with E-state index in [1.165, 1.54) is 19.3 Å². The van der Waals surface area contributed by atoms with Gasteiger partial charge in [-0.15, -0.1) is 0 Å². The van der Waals surface area contributed by atoms with Crippen LogP contribution in [0.3, 0.4) is 0 Å². The molecule has 7 nitrogen and oxygen atoms in total. The number of hydrogen-bond donors (Lipinski definition) is 3. The average Bonchev–Trinajstić information content (AvgIpc) is 3.51. The minimum Gasteiger partial charge on any atom is -0.387 e. The molecule has 3 heterocycles. The third-order valence-corrected chi connectivity index (χ3v) is 4.07. The molecule has 1 amide bonds. The fraction of sp³-hybridized carbons (Fsp3) is 0.263. The average molecular weight is 350 g/mol. The fourth-order valence-corrected chi connectivity index (χ4v) is 2.49. The number of aromatic nitrogens is 3. The second-order valence-electron chi connectivity index (χ2n) is 6.12. The zero-order valence-corrected chi connectivity index (χ0v) is 14.9. The summed E-state index contributed by atoms with van der Waals surface area (Å²) in [4.78, 5) is 23.4. The van der Waals surface area contributed by atoms with Gasteiger partial charge in [0.05, 0.1) is 17.6 Å². The summed E-state index contributed by atoms with van der Waals surface area (Å²) in [5.74, 6) is 0.847. The number of anilines is 3. The molecule has 4 N–H and O–H groups in total. The predicted octanol–water partition coefficient (Wildman–Crippen LogP) is 3.36. The Morgan fingerprint density at radius 2 is 1.92 bits per heavy atom. The molecule has 7 heteroatoms. The van der Waals surface area contributed by atoms with E-state index in [-0.39, 0.29) is 0 Å². The van der Waals surface area contributed by atoms with Crippen LogP contribution < -0.4 is 16.4 Å². The maximum Gasteiger partial charge on any atom is 0.212 e. The SMILES string of the molecule is C1CC1.CNc1cncc(-c2cc3cc(NC=O)ncc3c(N)n2)c1C. The number of fused-ring (bicyclic) bond motifs is 1. The van der Waals surface area contributed by atoms with Crippen molar-refractivity contribution < 1.29 is 4.79 Å². The lowest BCUT2D eigenvalue weighted by Crippen LogP contribution is -2.00. The summed E-state index contributed by atoms with van der Waals surface area (Å²) in [6, 6.07) is 3.67. The summed E-state index contributed by atoms with van der Waals surface area (Å²) in [7, 11) is 1.85. The smallest absolute Gasteiger partial charge is 0.212 e. The Morgan fingerprint density at radius 1 is 1.15 bits per heavy atom. The fourth-order valence-electron chi connectivity index (χ4n) is 2.49. The third-order valence-electron chi connectivity index (χ3n) is 4.07. The Balaban J connectivity index is 0.000000592. The van der Waals surface area contributed by atoms with Crippen molar-refractivity contribution in [1.82, 2.24) is 15.0 Å². The van der Waals surface area contributed by atoms with Crippen LogP contribution in [0.4, 0.5) is 17.3 Å². The predicted molar refractivity (Wildman–Crippen MR) is 105 cm³/mol. The topological polar surface area (TPSA) is 106 Å². The number of hydrogen-bond acceptors (Lipinski definition) is 6. The van der Waals surface area contributed by atoms with Crippen LogP contribution in [0, 0.1) is 6.92 Å². The van der Waals surface area contributed by atoms with Crippen LogP contribution >= 0.6 is 0 Å². The Morgan fingerprint density at radius 3 is 2.58 bits per heavy atom. The minimum atomic E-state index is 0.386. The van der Waals surface area contributed by atoms with Crippen molar-refractivity contribution in [2.24, 2.45) is 0 Å². The Kier molecular flexibility index (Phi) is 5.26. The maximum atomic E-state index is 10.6. The first kappa shape index (κ1) is 17.6. The molecule has 3 aromatic heterocycles. The van der Waals surface area contributed by atoms with E-state index in [9.17, 15) is 4.79 Å². The summed E-state index contributed by atoms with van der Waals surface area (Å²) in [6.07, 6.45) is 10.2. The number of rotatable bonds is 4. The Labute approximate surface area is 152 Å². The van der Waals surface area contributed by atoms with Crippen molar-refractivity contribution in [3.05, 3.63) is 36.3 Å². The first-order valence-corrected chi connectivity index (χ1v) is 8.53. The van der Waals surface area contributed by atoms with Gasteiger partial charge >= 0.3 is 0 Å². The quantitative estimate of drug-likeness (QED) is 0.623. The molecule has 0 atom stereocenters. The molecule has 4 rings (SSSR count). The van der Waals surface area contributed by atoms with E-state index in [0.29, 0.717) is 18.0 Å². The van der Waals surface area contributed by atoms with Gasteiger partial charge in [-0.1, -0.05) is 19.3 Å². The van der Waals surface area contributed by atoms with Crippen molar-refractivity contribution in [2.45, 2.75) is 26.2 Å². The molecule has 0 unspecified atom stereocenters. The number of nitrogens with two attached hydrogens (primary N) is 1. The van der Waals surface area contributed by atoms with E-state index in [1.807, 2.05) is 20.0 Å². The molecule has 26 heavy (non-hydrogen) atoms. The van der Waals surface area contributed by atoms with E-state index in [0.717, 1.165) is 33.3 Å². The summed E-state index contributed by atoms with van der Waals surface area (Å²) in [5.41, 5.74) is 9.65. The standard InChI is InChI=1S/C16H16N6O.C3H6/c1-9-11(5-19-7-14(9)18-2)13-3-10-4-15(21-8-23)20-6-12(10)16(17)22-13;1-2-3-1/h3-8,18H,1-2H3,(H2,17,22)(H,20,21,23);1-3H2. The summed E-state index contributed by atoms with van der Waals surface area (Å²) in [6.45, 7) is 2.00. The van der Waals surface area contributed by atoms with E-state index in [2.05, 4.69) is 25.6 Å². The first-order chi connectivity index (χ1) is 12.6. The number of pyridine rings is 3. The number of carbonyl (C=O) groups excluding carboxylic acids is 1. The molecular formula is C19H22N6O. The summed E-state index contributed by atoms with van der Waals surface area (Å²) >= 11 is 0.